The molecule has 0 aliphatic heterocycles. The molecule has 0 amide bonds. The van der Waals surface area contributed by atoms with E-state index in [1.54, 1.807) is 0 Å². The first-order valence-electron chi connectivity index (χ1n) is 7.49. The first kappa shape index (κ1) is 14.8. The molecule has 0 radical (unpaired) electrons. The van der Waals surface area contributed by atoms with Gasteiger partial charge in [-0.1, -0.05) is 50.7 Å². The van der Waals surface area contributed by atoms with Crippen molar-refractivity contribution >= 4 is 0 Å². The van der Waals surface area contributed by atoms with Crippen molar-refractivity contribution in [2.24, 2.45) is 11.8 Å². The molecule has 1 rings (SSSR count). The molecule has 1 unspecified atom stereocenters. The lowest BCUT2D eigenvalue weighted by Gasteiger charge is -2.32. The quantitative estimate of drug-likeness (QED) is 0.669. The summed E-state index contributed by atoms with van der Waals surface area (Å²) >= 11 is 0. The zero-order valence-electron chi connectivity index (χ0n) is 12.3. The van der Waals surface area contributed by atoms with E-state index < -0.39 is 0 Å². The molecule has 0 spiro atoms. The van der Waals surface area contributed by atoms with Crippen molar-refractivity contribution in [3.8, 4) is 0 Å². The molecular weight excluding hydrogens is 206 g/mol. The fourth-order valence-electron chi connectivity index (χ4n) is 3.14. The van der Waals surface area contributed by atoms with Crippen LogP contribution >= 0.6 is 0 Å². The van der Waals surface area contributed by atoms with E-state index in [1.807, 2.05) is 0 Å². The topological polar surface area (TPSA) is 12.0 Å². The fourth-order valence-corrected chi connectivity index (χ4v) is 3.14. The Bertz CT molecular complexity index is 220. The first-order chi connectivity index (χ1) is 8.17. The second-order valence-corrected chi connectivity index (χ2v) is 5.98. The molecule has 0 bridgehead atoms. The van der Waals surface area contributed by atoms with Gasteiger partial charge in [0.1, 0.15) is 0 Å². The lowest BCUT2D eigenvalue weighted by Crippen LogP contribution is -2.34. The van der Waals surface area contributed by atoms with E-state index in [0.29, 0.717) is 6.04 Å². The minimum atomic E-state index is 0.604. The van der Waals surface area contributed by atoms with Crippen LogP contribution in [0.25, 0.3) is 0 Å². The summed E-state index contributed by atoms with van der Waals surface area (Å²) in [4.78, 5) is 0. The largest absolute Gasteiger partial charge is 0.313 e. The van der Waals surface area contributed by atoms with Crippen LogP contribution in [0.4, 0.5) is 0 Å². The van der Waals surface area contributed by atoms with Crippen molar-refractivity contribution < 1.29 is 0 Å². The van der Waals surface area contributed by atoms with E-state index in [-0.39, 0.29) is 0 Å². The molecule has 1 atom stereocenters. The average Bonchev–Trinajstić information content (AvgIpc) is 2.34. The van der Waals surface area contributed by atoms with E-state index in [2.05, 4.69) is 39.2 Å². The highest BCUT2D eigenvalue weighted by Gasteiger charge is 2.25. The summed E-state index contributed by atoms with van der Waals surface area (Å²) in [5.41, 5.74) is 1.44. The van der Waals surface area contributed by atoms with Crippen molar-refractivity contribution in [3.05, 3.63) is 11.6 Å². The van der Waals surface area contributed by atoms with Gasteiger partial charge in [0.25, 0.3) is 0 Å². The van der Waals surface area contributed by atoms with Crippen molar-refractivity contribution in [2.45, 2.75) is 71.8 Å². The van der Waals surface area contributed by atoms with Crippen LogP contribution in [0.3, 0.4) is 0 Å². The Morgan fingerprint density at radius 2 is 1.88 bits per heavy atom. The number of allylic oxidation sites excluding steroid dienone is 1. The Morgan fingerprint density at radius 1 is 1.24 bits per heavy atom. The van der Waals surface area contributed by atoms with Gasteiger partial charge in [0.15, 0.2) is 0 Å². The standard InChI is InChI=1S/C16H31N/c1-5-6-7-14-8-10-15(11-9-14)16(17-4)12-13(2)3/h12,14-17H,5-11H2,1-4H3. The van der Waals surface area contributed by atoms with Gasteiger partial charge in [-0.3, -0.25) is 0 Å². The molecule has 0 saturated heterocycles. The van der Waals surface area contributed by atoms with Crippen LogP contribution in [0.1, 0.15) is 65.7 Å². The molecule has 1 saturated carbocycles. The third-order valence-corrected chi connectivity index (χ3v) is 4.21. The number of likely N-dealkylation sites (N-methyl/N-ethyl adjacent to an activating group) is 1. The zero-order chi connectivity index (χ0) is 12.7. The van der Waals surface area contributed by atoms with Crippen LogP contribution in [-0.2, 0) is 0 Å². The number of hydrogen-bond acceptors (Lipinski definition) is 1. The van der Waals surface area contributed by atoms with Gasteiger partial charge in [-0.2, -0.15) is 0 Å². The second kappa shape index (κ2) is 7.92. The van der Waals surface area contributed by atoms with Gasteiger partial charge >= 0.3 is 0 Å². The van der Waals surface area contributed by atoms with E-state index in [0.717, 1.165) is 11.8 Å². The van der Waals surface area contributed by atoms with Gasteiger partial charge in [0, 0.05) is 6.04 Å². The van der Waals surface area contributed by atoms with Crippen molar-refractivity contribution in [2.75, 3.05) is 7.05 Å². The maximum atomic E-state index is 3.48. The maximum Gasteiger partial charge on any atom is 0.0277 e. The molecule has 1 fully saturated rings. The molecule has 0 aromatic carbocycles. The van der Waals surface area contributed by atoms with Crippen molar-refractivity contribution in [1.82, 2.24) is 5.32 Å². The molecule has 100 valence electrons. The number of nitrogens with one attached hydrogen (secondary N) is 1. The molecule has 1 heteroatoms. The summed E-state index contributed by atoms with van der Waals surface area (Å²) in [6.07, 6.45) is 12.4. The Kier molecular flexibility index (Phi) is 6.87. The highest BCUT2D eigenvalue weighted by molar-refractivity contribution is 5.03. The summed E-state index contributed by atoms with van der Waals surface area (Å²) in [5, 5.41) is 3.48. The summed E-state index contributed by atoms with van der Waals surface area (Å²) in [6.45, 7) is 6.71. The van der Waals surface area contributed by atoms with Crippen LogP contribution in [0, 0.1) is 11.8 Å². The van der Waals surface area contributed by atoms with E-state index in [9.17, 15) is 0 Å². The third-order valence-electron chi connectivity index (χ3n) is 4.21. The molecule has 1 nitrogen and oxygen atoms in total. The predicted octanol–water partition coefficient (Wildman–Crippen LogP) is 4.54. The molecule has 1 N–H and O–H groups in total. The minimum Gasteiger partial charge on any atom is -0.313 e. The van der Waals surface area contributed by atoms with Gasteiger partial charge in [-0.15, -0.1) is 0 Å². The minimum absolute atomic E-state index is 0.604. The monoisotopic (exact) mass is 237 g/mol. The molecule has 0 heterocycles. The predicted molar refractivity (Wildman–Crippen MR) is 77.3 cm³/mol. The van der Waals surface area contributed by atoms with E-state index in [1.165, 1.54) is 50.5 Å². The van der Waals surface area contributed by atoms with Crippen LogP contribution in [0.2, 0.25) is 0 Å². The Labute approximate surface area is 108 Å². The highest BCUT2D eigenvalue weighted by atomic mass is 14.9. The van der Waals surface area contributed by atoms with Gasteiger partial charge in [0.2, 0.25) is 0 Å². The average molecular weight is 237 g/mol. The van der Waals surface area contributed by atoms with Crippen molar-refractivity contribution in [3.63, 3.8) is 0 Å². The summed E-state index contributed by atoms with van der Waals surface area (Å²) in [6, 6.07) is 0.604. The first-order valence-corrected chi connectivity index (χ1v) is 7.49. The molecule has 1 aliphatic rings. The van der Waals surface area contributed by atoms with Gasteiger partial charge in [0.05, 0.1) is 0 Å². The van der Waals surface area contributed by atoms with E-state index in [4.69, 9.17) is 0 Å². The SMILES string of the molecule is CCCCC1CCC(C(C=C(C)C)NC)CC1. The molecular formula is C16H31N. The van der Waals surface area contributed by atoms with Gasteiger partial charge in [-0.25, -0.2) is 0 Å². The Hall–Kier alpha value is -0.300. The lowest BCUT2D eigenvalue weighted by molar-refractivity contribution is 0.234. The summed E-state index contributed by atoms with van der Waals surface area (Å²) < 4.78 is 0. The molecule has 0 aromatic heterocycles. The van der Waals surface area contributed by atoms with Gasteiger partial charge < -0.3 is 5.32 Å². The lowest BCUT2D eigenvalue weighted by atomic mass is 9.76. The number of rotatable bonds is 6. The smallest absolute Gasteiger partial charge is 0.0277 e. The van der Waals surface area contributed by atoms with Crippen LogP contribution in [-0.4, -0.2) is 13.1 Å². The van der Waals surface area contributed by atoms with Gasteiger partial charge in [-0.05, 0) is 45.6 Å². The van der Waals surface area contributed by atoms with Crippen LogP contribution in [0.5, 0.6) is 0 Å². The second-order valence-electron chi connectivity index (χ2n) is 5.98. The van der Waals surface area contributed by atoms with Crippen molar-refractivity contribution in [1.29, 1.82) is 0 Å². The zero-order valence-corrected chi connectivity index (χ0v) is 12.3. The summed E-state index contributed by atoms with van der Waals surface area (Å²) in [7, 11) is 2.10. The molecule has 1 aliphatic carbocycles. The van der Waals surface area contributed by atoms with E-state index >= 15 is 0 Å². The van der Waals surface area contributed by atoms with Crippen LogP contribution < -0.4 is 5.32 Å². The number of unbranched alkanes of at least 4 members (excludes halogenated alkanes) is 1. The maximum absolute atomic E-state index is 3.48. The normalized spacial score (nSPS) is 26.6. The highest BCUT2D eigenvalue weighted by Crippen LogP contribution is 2.34. The third kappa shape index (κ3) is 5.25. The fraction of sp³-hybridized carbons (Fsp3) is 0.875. The van der Waals surface area contributed by atoms with Crippen LogP contribution in [0.15, 0.2) is 11.6 Å². The molecule has 17 heavy (non-hydrogen) atoms. The molecule has 0 aromatic rings. The summed E-state index contributed by atoms with van der Waals surface area (Å²) in [5.74, 6) is 1.89. The number of hydrogen-bond donors (Lipinski definition) is 1. The Morgan fingerprint density at radius 3 is 2.35 bits per heavy atom. The Balaban J connectivity index is 2.36.